The third-order valence-corrected chi connectivity index (χ3v) is 2.49. The maximum absolute atomic E-state index is 11.4. The maximum Gasteiger partial charge on any atom is 0.283 e. The van der Waals surface area contributed by atoms with E-state index in [0.717, 1.165) is 6.07 Å². The number of nitro benzene ring substituents is 1. The summed E-state index contributed by atoms with van der Waals surface area (Å²) in [5, 5.41) is 10.9. The first kappa shape index (κ1) is 15.4. The summed E-state index contributed by atoms with van der Waals surface area (Å²) in [6, 6.07) is 2.26. The Morgan fingerprint density at radius 1 is 1.40 bits per heavy atom. The fourth-order valence-electron chi connectivity index (χ4n) is 1.36. The SMILES string of the molecule is COc1cc(C=O)c([N+](=O)[O-])cc1OCC(=O)N(C)C. The van der Waals surface area contributed by atoms with Crippen LogP contribution in [0.15, 0.2) is 12.1 Å². The first-order valence-corrected chi connectivity index (χ1v) is 5.55. The van der Waals surface area contributed by atoms with Crippen molar-refractivity contribution in [2.24, 2.45) is 0 Å². The van der Waals surface area contributed by atoms with Crippen molar-refractivity contribution in [2.45, 2.75) is 0 Å². The molecule has 0 heterocycles. The Labute approximate surface area is 115 Å². The van der Waals surface area contributed by atoms with E-state index in [9.17, 15) is 19.7 Å². The minimum atomic E-state index is -0.705. The minimum Gasteiger partial charge on any atom is -0.493 e. The molecule has 1 aromatic rings. The van der Waals surface area contributed by atoms with Crippen molar-refractivity contribution in [3.63, 3.8) is 0 Å². The van der Waals surface area contributed by atoms with Gasteiger partial charge in [0.15, 0.2) is 24.4 Å². The van der Waals surface area contributed by atoms with Crippen LogP contribution in [0, 0.1) is 10.1 Å². The van der Waals surface area contributed by atoms with Crippen LogP contribution in [-0.2, 0) is 4.79 Å². The molecule has 0 fully saturated rings. The Kier molecular flexibility index (Phi) is 5.01. The van der Waals surface area contributed by atoms with E-state index in [0.29, 0.717) is 6.29 Å². The van der Waals surface area contributed by atoms with E-state index in [1.165, 1.54) is 18.1 Å². The highest BCUT2D eigenvalue weighted by molar-refractivity contribution is 5.83. The fourth-order valence-corrected chi connectivity index (χ4v) is 1.36. The van der Waals surface area contributed by atoms with Gasteiger partial charge in [0.05, 0.1) is 23.7 Å². The molecule has 0 spiro atoms. The van der Waals surface area contributed by atoms with Gasteiger partial charge in [0.1, 0.15) is 0 Å². The second-order valence-electron chi connectivity index (χ2n) is 4.01. The van der Waals surface area contributed by atoms with Gasteiger partial charge in [-0.05, 0) is 0 Å². The van der Waals surface area contributed by atoms with Crippen LogP contribution in [0.5, 0.6) is 11.5 Å². The lowest BCUT2D eigenvalue weighted by Crippen LogP contribution is -2.27. The predicted molar refractivity (Wildman–Crippen MR) is 69.2 cm³/mol. The summed E-state index contributed by atoms with van der Waals surface area (Å²) in [5.41, 5.74) is -0.536. The number of carbonyl (C=O) groups is 2. The molecule has 108 valence electrons. The highest BCUT2D eigenvalue weighted by Gasteiger charge is 2.20. The van der Waals surface area contributed by atoms with Crippen LogP contribution in [0.25, 0.3) is 0 Å². The number of nitrogens with zero attached hydrogens (tertiary/aromatic N) is 2. The summed E-state index contributed by atoms with van der Waals surface area (Å²) >= 11 is 0. The van der Waals surface area contributed by atoms with Crippen molar-refractivity contribution in [3.8, 4) is 11.5 Å². The lowest BCUT2D eigenvalue weighted by atomic mass is 10.1. The fraction of sp³-hybridized carbons (Fsp3) is 0.333. The number of methoxy groups -OCH3 is 1. The average molecular weight is 282 g/mol. The summed E-state index contributed by atoms with van der Waals surface area (Å²) in [6.07, 6.45) is 0.357. The van der Waals surface area contributed by atoms with Gasteiger partial charge in [-0.25, -0.2) is 0 Å². The van der Waals surface area contributed by atoms with Crippen LogP contribution in [0.4, 0.5) is 5.69 Å². The minimum absolute atomic E-state index is 0.0278. The number of nitro groups is 1. The molecule has 0 unspecified atom stereocenters. The standard InChI is InChI=1S/C12H14N2O6/c1-13(2)12(16)7-20-11-5-9(14(17)18)8(6-15)4-10(11)19-3/h4-6H,7H2,1-3H3. The van der Waals surface area contributed by atoms with Crippen molar-refractivity contribution < 1.29 is 24.0 Å². The molecule has 1 rings (SSSR count). The third kappa shape index (κ3) is 3.44. The third-order valence-electron chi connectivity index (χ3n) is 2.49. The number of ether oxygens (including phenoxy) is 2. The largest absolute Gasteiger partial charge is 0.493 e. The van der Waals surface area contributed by atoms with E-state index in [-0.39, 0.29) is 29.6 Å². The molecule has 0 aromatic heterocycles. The van der Waals surface area contributed by atoms with Crippen LogP contribution in [0.3, 0.4) is 0 Å². The molecular formula is C12H14N2O6. The zero-order valence-electron chi connectivity index (χ0n) is 11.3. The molecule has 1 amide bonds. The van der Waals surface area contributed by atoms with Gasteiger partial charge in [0, 0.05) is 20.2 Å². The van der Waals surface area contributed by atoms with E-state index < -0.39 is 10.6 Å². The van der Waals surface area contributed by atoms with Gasteiger partial charge in [0.25, 0.3) is 11.6 Å². The monoisotopic (exact) mass is 282 g/mol. The van der Waals surface area contributed by atoms with Crippen molar-refractivity contribution in [2.75, 3.05) is 27.8 Å². The number of carbonyl (C=O) groups excluding carboxylic acids is 2. The van der Waals surface area contributed by atoms with E-state index in [4.69, 9.17) is 9.47 Å². The van der Waals surface area contributed by atoms with Gasteiger partial charge in [-0.15, -0.1) is 0 Å². The number of amides is 1. The molecule has 0 bridgehead atoms. The molecule has 8 heteroatoms. The van der Waals surface area contributed by atoms with Crippen LogP contribution in [0.2, 0.25) is 0 Å². The van der Waals surface area contributed by atoms with Crippen LogP contribution < -0.4 is 9.47 Å². The lowest BCUT2D eigenvalue weighted by molar-refractivity contribution is -0.385. The quantitative estimate of drug-likeness (QED) is 0.436. The Morgan fingerprint density at radius 3 is 2.50 bits per heavy atom. The first-order valence-electron chi connectivity index (χ1n) is 5.55. The Morgan fingerprint density at radius 2 is 2.05 bits per heavy atom. The normalized spacial score (nSPS) is 9.75. The van der Waals surface area contributed by atoms with E-state index in [1.807, 2.05) is 0 Å². The molecule has 0 aliphatic heterocycles. The molecular weight excluding hydrogens is 268 g/mol. The van der Waals surface area contributed by atoms with Gasteiger partial charge in [-0.3, -0.25) is 19.7 Å². The van der Waals surface area contributed by atoms with Crippen molar-refractivity contribution in [1.82, 2.24) is 4.90 Å². The molecule has 8 nitrogen and oxygen atoms in total. The molecule has 0 aliphatic rings. The zero-order chi connectivity index (χ0) is 15.3. The molecule has 0 atom stereocenters. The van der Waals surface area contributed by atoms with Crippen molar-refractivity contribution in [1.29, 1.82) is 0 Å². The van der Waals surface area contributed by atoms with Crippen LogP contribution >= 0.6 is 0 Å². The summed E-state index contributed by atoms with van der Waals surface area (Å²) in [7, 11) is 4.44. The number of benzene rings is 1. The number of rotatable bonds is 6. The Hall–Kier alpha value is -2.64. The lowest BCUT2D eigenvalue weighted by Gasteiger charge is -2.13. The van der Waals surface area contributed by atoms with Gasteiger partial charge in [-0.1, -0.05) is 0 Å². The highest BCUT2D eigenvalue weighted by Crippen LogP contribution is 2.33. The van der Waals surface area contributed by atoms with Gasteiger partial charge in [0.2, 0.25) is 0 Å². The van der Waals surface area contributed by atoms with Crippen molar-refractivity contribution >= 4 is 17.9 Å². The summed E-state index contributed by atoms with van der Waals surface area (Å²) in [4.78, 5) is 33.7. The number of hydrogen-bond acceptors (Lipinski definition) is 6. The molecule has 0 radical (unpaired) electrons. The summed E-state index contributed by atoms with van der Waals surface area (Å²) < 4.78 is 10.2. The van der Waals surface area contributed by atoms with Gasteiger partial charge >= 0.3 is 0 Å². The second kappa shape index (κ2) is 6.50. The molecule has 20 heavy (non-hydrogen) atoms. The molecule has 0 saturated heterocycles. The zero-order valence-corrected chi connectivity index (χ0v) is 11.3. The maximum atomic E-state index is 11.4. The van der Waals surface area contributed by atoms with Gasteiger partial charge < -0.3 is 14.4 Å². The van der Waals surface area contributed by atoms with E-state index in [1.54, 1.807) is 14.1 Å². The molecule has 0 saturated carbocycles. The van der Waals surface area contributed by atoms with Crippen molar-refractivity contribution in [3.05, 3.63) is 27.8 Å². The smallest absolute Gasteiger partial charge is 0.283 e. The van der Waals surface area contributed by atoms with Crippen LogP contribution in [0.1, 0.15) is 10.4 Å². The van der Waals surface area contributed by atoms with Gasteiger partial charge in [-0.2, -0.15) is 0 Å². The van der Waals surface area contributed by atoms with Crippen LogP contribution in [-0.4, -0.2) is 49.8 Å². The second-order valence-corrected chi connectivity index (χ2v) is 4.01. The average Bonchev–Trinajstić information content (AvgIpc) is 2.43. The number of aldehydes is 1. The van der Waals surface area contributed by atoms with E-state index in [2.05, 4.69) is 0 Å². The molecule has 1 aromatic carbocycles. The highest BCUT2D eigenvalue weighted by atomic mass is 16.6. The Balaban J connectivity index is 3.11. The number of likely N-dealkylation sites (N-methyl/N-ethyl adjacent to an activating group) is 1. The number of hydrogen-bond donors (Lipinski definition) is 0. The van der Waals surface area contributed by atoms with E-state index >= 15 is 0 Å². The topological polar surface area (TPSA) is 99.0 Å². The molecule has 0 aliphatic carbocycles. The first-order chi connectivity index (χ1) is 9.40. The predicted octanol–water partition coefficient (Wildman–Crippen LogP) is 0.883. The summed E-state index contributed by atoms with van der Waals surface area (Å²) in [5.74, 6) is -0.140. The Bertz CT molecular complexity index is 541. The molecule has 0 N–H and O–H groups in total. The summed E-state index contributed by atoms with van der Waals surface area (Å²) in [6.45, 7) is -0.291.